The summed E-state index contributed by atoms with van der Waals surface area (Å²) in [6, 6.07) is 4.12. The van der Waals surface area contributed by atoms with Crippen molar-refractivity contribution in [2.75, 3.05) is 13.2 Å². The number of carbonyl (C=O) groups is 2. The monoisotopic (exact) mass is 456 g/mol. The molecule has 1 amide bonds. The van der Waals surface area contributed by atoms with Crippen molar-refractivity contribution < 1.29 is 37.3 Å². The van der Waals surface area contributed by atoms with Crippen LogP contribution in [0.5, 0.6) is 0 Å². The van der Waals surface area contributed by atoms with Crippen molar-refractivity contribution in [1.29, 1.82) is 0 Å². The van der Waals surface area contributed by atoms with Gasteiger partial charge in [-0.2, -0.15) is 13.2 Å². The average Bonchev–Trinajstić information content (AvgIpc) is 3.21. The first kappa shape index (κ1) is 24.2. The summed E-state index contributed by atoms with van der Waals surface area (Å²) in [6.45, 7) is 1.88. The molecule has 2 heterocycles. The van der Waals surface area contributed by atoms with Crippen LogP contribution in [0.4, 0.5) is 13.2 Å². The third kappa shape index (κ3) is 6.29. The van der Waals surface area contributed by atoms with Crippen molar-refractivity contribution in [1.82, 2.24) is 9.88 Å². The van der Waals surface area contributed by atoms with E-state index in [1.165, 1.54) is 0 Å². The number of nitrogens with zero attached hydrogens (tertiary/aromatic N) is 2. The van der Waals surface area contributed by atoms with Crippen LogP contribution in [0.3, 0.4) is 0 Å². The third-order valence-electron chi connectivity index (χ3n) is 5.87. The maximum Gasteiger partial charge on any atom is 0.490 e. The van der Waals surface area contributed by atoms with E-state index >= 15 is 0 Å². The largest absolute Gasteiger partial charge is 0.490 e. The summed E-state index contributed by atoms with van der Waals surface area (Å²) in [6.07, 6.45) is 7.72. The Hall–Kier alpha value is -2.46. The van der Waals surface area contributed by atoms with E-state index < -0.39 is 12.1 Å². The highest BCUT2D eigenvalue weighted by molar-refractivity contribution is 5.79. The molecule has 10 heteroatoms. The van der Waals surface area contributed by atoms with Crippen molar-refractivity contribution in [3.63, 3.8) is 0 Å². The zero-order valence-corrected chi connectivity index (χ0v) is 17.5. The Morgan fingerprint density at radius 3 is 2.66 bits per heavy atom. The molecule has 0 radical (unpaired) electrons. The van der Waals surface area contributed by atoms with Gasteiger partial charge in [0.05, 0.1) is 25.4 Å². The molecule has 0 spiro atoms. The van der Waals surface area contributed by atoms with Crippen LogP contribution in [0, 0.1) is 5.92 Å². The molecule has 1 aliphatic heterocycles. The first-order valence-corrected chi connectivity index (χ1v) is 10.6. The molecular weight excluding hydrogens is 429 g/mol. The number of hydrogen-bond donors (Lipinski definition) is 1. The number of alkyl halides is 3. The molecule has 2 fully saturated rings. The van der Waals surface area contributed by atoms with Gasteiger partial charge in [0.1, 0.15) is 6.10 Å². The second kappa shape index (κ2) is 10.9. The second-order valence-corrected chi connectivity index (χ2v) is 8.01. The van der Waals surface area contributed by atoms with E-state index in [1.807, 2.05) is 18.3 Å². The number of aromatic nitrogens is 1. The van der Waals surface area contributed by atoms with Gasteiger partial charge in [-0.15, -0.1) is 0 Å². The number of amides is 1. The number of ether oxygens (including phenoxy) is 2. The van der Waals surface area contributed by atoms with Crippen molar-refractivity contribution in [3.05, 3.63) is 42.2 Å². The lowest BCUT2D eigenvalue weighted by atomic mass is 9.92. The van der Waals surface area contributed by atoms with Gasteiger partial charge in [0.25, 0.3) is 0 Å². The molecular formula is C22H27F3N2O5. The molecule has 1 N–H and O–H groups in total. The molecule has 0 bridgehead atoms. The summed E-state index contributed by atoms with van der Waals surface area (Å²) in [5.74, 6) is -2.29. The minimum Gasteiger partial charge on any atom is -0.475 e. The number of aliphatic carboxylic acids is 1. The highest BCUT2D eigenvalue weighted by Gasteiger charge is 2.46. The Balaban J connectivity index is 0.000000360. The van der Waals surface area contributed by atoms with Gasteiger partial charge >= 0.3 is 12.1 Å². The minimum absolute atomic E-state index is 0.00787. The fourth-order valence-corrected chi connectivity index (χ4v) is 4.31. The summed E-state index contributed by atoms with van der Waals surface area (Å²) in [5, 5.41) is 7.12. The van der Waals surface area contributed by atoms with Crippen molar-refractivity contribution in [2.45, 2.75) is 63.1 Å². The van der Waals surface area contributed by atoms with E-state index in [0.717, 1.165) is 44.2 Å². The summed E-state index contributed by atoms with van der Waals surface area (Å²) in [5.41, 5.74) is 1.07. The molecule has 4 atom stereocenters. The number of carboxylic acid groups (broad SMARTS) is 1. The number of fused-ring (bicyclic) bond motifs is 1. The lowest BCUT2D eigenvalue weighted by Gasteiger charge is -2.40. The third-order valence-corrected chi connectivity index (χ3v) is 5.87. The van der Waals surface area contributed by atoms with Gasteiger partial charge in [-0.3, -0.25) is 9.78 Å². The van der Waals surface area contributed by atoms with Gasteiger partial charge in [-0.1, -0.05) is 18.2 Å². The van der Waals surface area contributed by atoms with E-state index in [-0.39, 0.29) is 24.2 Å². The maximum absolute atomic E-state index is 13.0. The first-order chi connectivity index (χ1) is 15.3. The number of pyridine rings is 1. The van der Waals surface area contributed by atoms with Crippen LogP contribution in [0.1, 0.15) is 37.7 Å². The standard InChI is InChI=1S/C20H26N2O3.C2HF3O2/c23-20(16-6-2-1-3-7-16)22-11-12-24-19-17(22)8-9-18(19)25-14-15-5-4-10-21-13-15;3-2(4,5)1(6)7/h1-2,4-5,10,13,16-19H,3,6-9,11-12,14H2;(H,6,7)/t16?,17-,18-,19+;/m0./s1. The van der Waals surface area contributed by atoms with Gasteiger partial charge in [0.15, 0.2) is 0 Å². The van der Waals surface area contributed by atoms with Crippen LogP contribution in [0.25, 0.3) is 0 Å². The minimum atomic E-state index is -5.08. The highest BCUT2D eigenvalue weighted by atomic mass is 19.4. The average molecular weight is 456 g/mol. The van der Waals surface area contributed by atoms with Crippen molar-refractivity contribution >= 4 is 11.9 Å². The smallest absolute Gasteiger partial charge is 0.475 e. The predicted molar refractivity (Wildman–Crippen MR) is 107 cm³/mol. The number of carboxylic acids is 1. The molecule has 2 aliphatic carbocycles. The molecule has 176 valence electrons. The SMILES string of the molecule is O=C(C1CC=CCC1)N1CCO[C@H]2[C@@H](OCc3cccnc3)CC[C@@H]21.O=C(O)C(F)(F)F. The molecule has 1 saturated heterocycles. The Bertz CT molecular complexity index is 803. The second-order valence-electron chi connectivity index (χ2n) is 8.01. The zero-order valence-electron chi connectivity index (χ0n) is 17.5. The molecule has 32 heavy (non-hydrogen) atoms. The van der Waals surface area contributed by atoms with E-state index in [2.05, 4.69) is 22.0 Å². The number of hydrogen-bond acceptors (Lipinski definition) is 5. The fourth-order valence-electron chi connectivity index (χ4n) is 4.31. The number of allylic oxidation sites excluding steroid dienone is 2. The van der Waals surface area contributed by atoms with Crippen LogP contribution >= 0.6 is 0 Å². The predicted octanol–water partition coefficient (Wildman–Crippen LogP) is 3.35. The topological polar surface area (TPSA) is 89.0 Å². The van der Waals surface area contributed by atoms with E-state index in [0.29, 0.717) is 19.1 Å². The van der Waals surface area contributed by atoms with Crippen LogP contribution in [0.15, 0.2) is 36.7 Å². The molecule has 3 aliphatic rings. The Kier molecular flexibility index (Phi) is 8.25. The van der Waals surface area contributed by atoms with Crippen molar-refractivity contribution in [2.24, 2.45) is 5.92 Å². The molecule has 7 nitrogen and oxygen atoms in total. The molecule has 4 rings (SSSR count). The Morgan fingerprint density at radius 2 is 2.03 bits per heavy atom. The normalized spacial score (nSPS) is 27.3. The summed E-state index contributed by atoms with van der Waals surface area (Å²) < 4.78 is 43.9. The Morgan fingerprint density at radius 1 is 1.25 bits per heavy atom. The van der Waals surface area contributed by atoms with E-state index in [1.54, 1.807) is 6.20 Å². The number of carbonyl (C=O) groups excluding carboxylic acids is 1. The number of morpholine rings is 1. The van der Waals surface area contributed by atoms with Gasteiger partial charge < -0.3 is 19.5 Å². The van der Waals surface area contributed by atoms with Gasteiger partial charge in [-0.05, 0) is 43.7 Å². The quantitative estimate of drug-likeness (QED) is 0.699. The van der Waals surface area contributed by atoms with E-state index in [4.69, 9.17) is 19.4 Å². The van der Waals surface area contributed by atoms with Crippen LogP contribution in [-0.4, -0.2) is 64.4 Å². The van der Waals surface area contributed by atoms with E-state index in [9.17, 15) is 18.0 Å². The van der Waals surface area contributed by atoms with Gasteiger partial charge in [-0.25, -0.2) is 4.79 Å². The van der Waals surface area contributed by atoms with Crippen LogP contribution in [0.2, 0.25) is 0 Å². The first-order valence-electron chi connectivity index (χ1n) is 10.6. The lowest BCUT2D eigenvalue weighted by Crippen LogP contribution is -2.55. The zero-order chi connectivity index (χ0) is 23.1. The number of halogens is 3. The fraction of sp³-hybridized carbons (Fsp3) is 0.591. The molecule has 1 aromatic heterocycles. The summed E-state index contributed by atoms with van der Waals surface area (Å²) in [4.78, 5) is 28.1. The summed E-state index contributed by atoms with van der Waals surface area (Å²) >= 11 is 0. The van der Waals surface area contributed by atoms with Crippen LogP contribution < -0.4 is 0 Å². The lowest BCUT2D eigenvalue weighted by molar-refractivity contribution is -0.192. The van der Waals surface area contributed by atoms with Gasteiger partial charge in [0, 0.05) is 24.9 Å². The van der Waals surface area contributed by atoms with Crippen molar-refractivity contribution in [3.8, 4) is 0 Å². The maximum atomic E-state index is 13.0. The molecule has 1 unspecified atom stereocenters. The summed E-state index contributed by atoms with van der Waals surface area (Å²) in [7, 11) is 0. The molecule has 0 aromatic carbocycles. The highest BCUT2D eigenvalue weighted by Crippen LogP contribution is 2.34. The Labute approximate surface area is 184 Å². The molecule has 1 saturated carbocycles. The van der Waals surface area contributed by atoms with Gasteiger partial charge in [0.2, 0.25) is 5.91 Å². The molecule has 1 aromatic rings. The number of rotatable bonds is 4. The van der Waals surface area contributed by atoms with Crippen LogP contribution in [-0.2, 0) is 25.7 Å².